The van der Waals surface area contributed by atoms with Crippen LogP contribution in [0.1, 0.15) is 34.7 Å². The topological polar surface area (TPSA) is 82.3 Å². The predicted octanol–water partition coefficient (Wildman–Crippen LogP) is 4.47. The van der Waals surface area contributed by atoms with Crippen molar-refractivity contribution in [3.63, 3.8) is 0 Å². The lowest BCUT2D eigenvalue weighted by atomic mass is 10.1. The summed E-state index contributed by atoms with van der Waals surface area (Å²) in [6.07, 6.45) is 2.07. The second kappa shape index (κ2) is 9.32. The molecule has 3 rings (SSSR count). The Hall–Kier alpha value is -2.93. The van der Waals surface area contributed by atoms with E-state index in [1.54, 1.807) is 23.9 Å². The van der Waals surface area contributed by atoms with Crippen molar-refractivity contribution in [1.82, 2.24) is 10.1 Å². The van der Waals surface area contributed by atoms with Crippen LogP contribution in [-0.4, -0.2) is 28.1 Å². The Balaban J connectivity index is 1.46. The first-order valence-corrected chi connectivity index (χ1v) is 10.00. The van der Waals surface area contributed by atoms with Gasteiger partial charge in [-0.1, -0.05) is 47.1 Å². The van der Waals surface area contributed by atoms with E-state index in [0.29, 0.717) is 11.4 Å². The quantitative estimate of drug-likeness (QED) is 0.315. The molecule has 1 aromatic heterocycles. The number of aryl methyl sites for hydroxylation is 1. The van der Waals surface area contributed by atoms with E-state index in [2.05, 4.69) is 10.1 Å². The fourth-order valence-electron chi connectivity index (χ4n) is 2.48. The van der Waals surface area contributed by atoms with Crippen LogP contribution in [0.25, 0.3) is 11.4 Å². The van der Waals surface area contributed by atoms with Gasteiger partial charge in [-0.25, -0.2) is 0 Å². The van der Waals surface area contributed by atoms with Gasteiger partial charge in [0.05, 0.1) is 6.42 Å². The van der Waals surface area contributed by atoms with E-state index in [4.69, 9.17) is 9.26 Å². The van der Waals surface area contributed by atoms with Crippen molar-refractivity contribution in [3.05, 3.63) is 65.5 Å². The molecule has 0 saturated carbocycles. The molecule has 0 N–H and O–H groups in total. The smallest absolute Gasteiger partial charge is 0.306 e. The number of rotatable bonds is 8. The number of Topliss-reactive ketones (excluding diaryl/α,β-unsaturated/α-hetero) is 1. The van der Waals surface area contributed by atoms with E-state index in [-0.39, 0.29) is 31.1 Å². The van der Waals surface area contributed by atoms with Crippen LogP contribution in [-0.2, 0) is 16.1 Å². The predicted molar refractivity (Wildman–Crippen MR) is 106 cm³/mol. The van der Waals surface area contributed by atoms with Crippen LogP contribution in [0, 0.1) is 6.92 Å². The normalized spacial score (nSPS) is 10.6. The molecule has 1 heterocycles. The lowest BCUT2D eigenvalue weighted by Gasteiger charge is -2.03. The Morgan fingerprint density at radius 1 is 1.04 bits per heavy atom. The molecule has 0 aliphatic heterocycles. The standard InChI is InChI=1S/C21H20N2O4S/c1-14-3-5-16(6-4-14)21-22-19(27-23-21)13-26-20(25)12-11-18(24)15-7-9-17(28-2)10-8-15/h3-10H,11-13H2,1-2H3. The van der Waals surface area contributed by atoms with E-state index in [9.17, 15) is 9.59 Å². The Labute approximate surface area is 167 Å². The van der Waals surface area contributed by atoms with Crippen molar-refractivity contribution in [2.75, 3.05) is 6.26 Å². The maximum Gasteiger partial charge on any atom is 0.306 e. The number of aromatic nitrogens is 2. The lowest BCUT2D eigenvalue weighted by molar-refractivity contribution is -0.145. The number of ketones is 1. The van der Waals surface area contributed by atoms with Crippen LogP contribution in [0.4, 0.5) is 0 Å². The van der Waals surface area contributed by atoms with E-state index in [1.807, 2.05) is 49.6 Å². The van der Waals surface area contributed by atoms with Crippen molar-refractivity contribution in [2.45, 2.75) is 31.3 Å². The Kier molecular flexibility index (Phi) is 6.60. The van der Waals surface area contributed by atoms with Crippen LogP contribution < -0.4 is 0 Å². The molecule has 0 aliphatic rings. The summed E-state index contributed by atoms with van der Waals surface area (Å²) in [7, 11) is 0. The molecule has 0 amide bonds. The van der Waals surface area contributed by atoms with E-state index in [0.717, 1.165) is 16.0 Å². The molecular formula is C21H20N2O4S. The van der Waals surface area contributed by atoms with Gasteiger partial charge in [0, 0.05) is 22.4 Å². The number of hydrogen-bond donors (Lipinski definition) is 0. The number of thioether (sulfide) groups is 1. The van der Waals surface area contributed by atoms with Gasteiger partial charge in [-0.15, -0.1) is 11.8 Å². The molecule has 0 unspecified atom stereocenters. The molecule has 0 saturated heterocycles. The monoisotopic (exact) mass is 396 g/mol. The Morgan fingerprint density at radius 3 is 2.43 bits per heavy atom. The highest BCUT2D eigenvalue weighted by molar-refractivity contribution is 7.98. The van der Waals surface area contributed by atoms with Gasteiger partial charge in [-0.2, -0.15) is 4.98 Å². The van der Waals surface area contributed by atoms with Crippen molar-refractivity contribution in [3.8, 4) is 11.4 Å². The molecule has 28 heavy (non-hydrogen) atoms. The number of carbonyl (C=O) groups is 2. The number of ether oxygens (including phenoxy) is 1. The Morgan fingerprint density at radius 2 is 1.75 bits per heavy atom. The second-order valence-corrected chi connectivity index (χ2v) is 7.07. The number of benzene rings is 2. The minimum absolute atomic E-state index is 0.00205. The average molecular weight is 396 g/mol. The maximum atomic E-state index is 12.2. The molecule has 3 aromatic rings. The summed E-state index contributed by atoms with van der Waals surface area (Å²) in [6, 6.07) is 15.0. The van der Waals surface area contributed by atoms with Gasteiger partial charge in [-0.05, 0) is 25.3 Å². The summed E-state index contributed by atoms with van der Waals surface area (Å²) in [5, 5.41) is 3.89. The molecule has 0 radical (unpaired) electrons. The Bertz CT molecular complexity index is 949. The fourth-order valence-corrected chi connectivity index (χ4v) is 2.89. The van der Waals surface area contributed by atoms with E-state index < -0.39 is 5.97 Å². The highest BCUT2D eigenvalue weighted by atomic mass is 32.2. The SMILES string of the molecule is CSc1ccc(C(=O)CCC(=O)OCc2nc(-c3ccc(C)cc3)no2)cc1. The van der Waals surface area contributed by atoms with Gasteiger partial charge in [0.1, 0.15) is 0 Å². The largest absolute Gasteiger partial charge is 0.456 e. The highest BCUT2D eigenvalue weighted by Gasteiger charge is 2.13. The molecule has 2 aromatic carbocycles. The lowest BCUT2D eigenvalue weighted by Crippen LogP contribution is -2.08. The molecule has 144 valence electrons. The zero-order valence-electron chi connectivity index (χ0n) is 15.7. The van der Waals surface area contributed by atoms with Gasteiger partial charge >= 0.3 is 5.97 Å². The first-order valence-electron chi connectivity index (χ1n) is 8.77. The van der Waals surface area contributed by atoms with Gasteiger partial charge < -0.3 is 9.26 Å². The number of carbonyl (C=O) groups excluding carboxylic acids is 2. The maximum absolute atomic E-state index is 12.2. The number of hydrogen-bond acceptors (Lipinski definition) is 7. The summed E-state index contributed by atoms with van der Waals surface area (Å²) in [4.78, 5) is 29.4. The van der Waals surface area contributed by atoms with Crippen molar-refractivity contribution in [1.29, 1.82) is 0 Å². The van der Waals surface area contributed by atoms with Gasteiger partial charge in [0.25, 0.3) is 5.89 Å². The first-order chi connectivity index (χ1) is 13.5. The summed E-state index contributed by atoms with van der Waals surface area (Å²) >= 11 is 1.61. The number of esters is 1. The van der Waals surface area contributed by atoms with Crippen molar-refractivity contribution >= 4 is 23.5 Å². The molecule has 0 atom stereocenters. The van der Waals surface area contributed by atoms with Crippen molar-refractivity contribution < 1.29 is 18.8 Å². The second-order valence-electron chi connectivity index (χ2n) is 6.19. The molecule has 0 fully saturated rings. The summed E-state index contributed by atoms with van der Waals surface area (Å²) in [6.45, 7) is 1.88. The average Bonchev–Trinajstić information content (AvgIpc) is 3.20. The first kappa shape index (κ1) is 19.8. The third-order valence-electron chi connectivity index (χ3n) is 4.10. The zero-order valence-corrected chi connectivity index (χ0v) is 16.5. The van der Waals surface area contributed by atoms with Crippen LogP contribution in [0.3, 0.4) is 0 Å². The molecule has 0 spiro atoms. The zero-order chi connectivity index (χ0) is 19.9. The van der Waals surface area contributed by atoms with Crippen LogP contribution in [0.15, 0.2) is 57.9 Å². The molecule has 6 nitrogen and oxygen atoms in total. The van der Waals surface area contributed by atoms with Crippen molar-refractivity contribution in [2.24, 2.45) is 0 Å². The molecule has 0 bridgehead atoms. The van der Waals surface area contributed by atoms with E-state index in [1.165, 1.54) is 0 Å². The van der Waals surface area contributed by atoms with Gasteiger partial charge in [0.15, 0.2) is 12.4 Å². The fraction of sp³-hybridized carbons (Fsp3) is 0.238. The van der Waals surface area contributed by atoms with Crippen LogP contribution >= 0.6 is 11.8 Å². The van der Waals surface area contributed by atoms with E-state index >= 15 is 0 Å². The molecule has 0 aliphatic carbocycles. The summed E-state index contributed by atoms with van der Waals surface area (Å²) in [5.41, 5.74) is 2.55. The van der Waals surface area contributed by atoms with Gasteiger partial charge in [0.2, 0.25) is 5.82 Å². The van der Waals surface area contributed by atoms with Gasteiger partial charge in [-0.3, -0.25) is 9.59 Å². The third kappa shape index (κ3) is 5.29. The minimum atomic E-state index is -0.482. The minimum Gasteiger partial charge on any atom is -0.456 e. The summed E-state index contributed by atoms with van der Waals surface area (Å²) in [5.74, 6) is 0.0750. The third-order valence-corrected chi connectivity index (χ3v) is 4.85. The van der Waals surface area contributed by atoms with Crippen LogP contribution in [0.5, 0.6) is 0 Å². The van der Waals surface area contributed by atoms with Crippen LogP contribution in [0.2, 0.25) is 0 Å². The number of nitrogens with zero attached hydrogens (tertiary/aromatic N) is 2. The molecule has 7 heteroatoms. The molecular weight excluding hydrogens is 376 g/mol. The highest BCUT2D eigenvalue weighted by Crippen LogP contribution is 2.18. The summed E-state index contributed by atoms with van der Waals surface area (Å²) < 4.78 is 10.2.